The normalized spacial score (nSPS) is 14.4. The molecule has 36 heavy (non-hydrogen) atoms. The fraction of sp³-hybridized carbons (Fsp3) is 0.147. The number of hydrogen-bond donors (Lipinski definition) is 0. The van der Waals surface area contributed by atoms with Gasteiger partial charge in [-0.2, -0.15) is 0 Å². The third kappa shape index (κ3) is 14.0. The SMILES string of the molecule is CC(C)(C)C[CH]=[Zr].[CH]1[CH][CH][CH][CH]1.[CH]1[CH][CH][CH][CH]1.c1ccc(P(c2ccccc2)c2ccccc2)cc1. The second kappa shape index (κ2) is 19.0. The monoisotopic (exact) mass is 566 g/mol. The maximum absolute atomic E-state index is 2.30. The first kappa shape index (κ1) is 31.1. The van der Waals surface area contributed by atoms with Crippen LogP contribution >= 0.6 is 7.92 Å². The zero-order chi connectivity index (χ0) is 25.9. The quantitative estimate of drug-likeness (QED) is 0.291. The molecule has 2 aliphatic rings. The number of rotatable bonds is 4. The van der Waals surface area contributed by atoms with Crippen LogP contribution in [0.5, 0.6) is 0 Å². The van der Waals surface area contributed by atoms with Crippen molar-refractivity contribution >= 4 is 27.5 Å². The zero-order valence-electron chi connectivity index (χ0n) is 21.7. The van der Waals surface area contributed by atoms with E-state index in [9.17, 15) is 0 Å². The molecule has 10 radical (unpaired) electrons. The predicted octanol–water partition coefficient (Wildman–Crippen LogP) is 7.26. The van der Waals surface area contributed by atoms with Gasteiger partial charge in [0.15, 0.2) is 0 Å². The molecule has 3 aromatic rings. The third-order valence-corrected chi connectivity index (χ3v) is 7.81. The first-order chi connectivity index (χ1) is 17.5. The molecule has 0 spiro atoms. The molecule has 5 rings (SSSR count). The van der Waals surface area contributed by atoms with Gasteiger partial charge >= 0.3 is 60.6 Å². The van der Waals surface area contributed by atoms with Crippen LogP contribution in [0.3, 0.4) is 0 Å². The fourth-order valence-corrected chi connectivity index (χ4v) is 6.94. The van der Waals surface area contributed by atoms with E-state index in [1.165, 1.54) is 22.3 Å². The van der Waals surface area contributed by atoms with Crippen molar-refractivity contribution in [2.75, 3.05) is 0 Å². The van der Waals surface area contributed by atoms with Gasteiger partial charge in [-0.1, -0.05) is 91.0 Å². The van der Waals surface area contributed by atoms with Crippen LogP contribution in [0.1, 0.15) is 27.2 Å². The third-order valence-electron chi connectivity index (χ3n) is 4.87. The van der Waals surface area contributed by atoms with Gasteiger partial charge in [0.1, 0.15) is 0 Å². The smallest absolute Gasteiger partial charge is 0.0134 e. The minimum Gasteiger partial charge on any atom is -0.0622 e. The molecule has 0 aromatic heterocycles. The molecule has 0 unspecified atom stereocenters. The number of benzene rings is 3. The largest absolute Gasteiger partial charge is 0.0622 e. The van der Waals surface area contributed by atoms with Gasteiger partial charge in [-0.3, -0.25) is 0 Å². The second-order valence-corrected chi connectivity index (χ2v) is 12.5. The summed E-state index contributed by atoms with van der Waals surface area (Å²) in [4.78, 5) is 0. The van der Waals surface area contributed by atoms with E-state index < -0.39 is 7.92 Å². The summed E-state index contributed by atoms with van der Waals surface area (Å²) in [6.07, 6.45) is 21.3. The van der Waals surface area contributed by atoms with Crippen LogP contribution in [0.2, 0.25) is 0 Å². The van der Waals surface area contributed by atoms with Crippen LogP contribution in [0, 0.1) is 69.6 Å². The van der Waals surface area contributed by atoms with Crippen molar-refractivity contribution in [1.29, 1.82) is 0 Å². The van der Waals surface area contributed by atoms with E-state index in [2.05, 4.69) is 115 Å². The molecule has 2 aliphatic carbocycles. The van der Waals surface area contributed by atoms with Crippen molar-refractivity contribution in [1.82, 2.24) is 0 Å². The summed E-state index contributed by atoms with van der Waals surface area (Å²) in [5.41, 5.74) is 0.517. The van der Waals surface area contributed by atoms with Gasteiger partial charge in [-0.05, 0) is 88.0 Å². The van der Waals surface area contributed by atoms with E-state index in [0.717, 1.165) is 0 Å². The van der Waals surface area contributed by atoms with Crippen molar-refractivity contribution in [3.8, 4) is 0 Å². The average Bonchev–Trinajstić information content (AvgIpc) is 3.66. The summed E-state index contributed by atoms with van der Waals surface area (Å²) in [5.74, 6) is 0. The molecule has 182 valence electrons. The maximum Gasteiger partial charge on any atom is -0.0134 e. The molecule has 0 amide bonds. The van der Waals surface area contributed by atoms with Crippen LogP contribution in [-0.2, 0) is 24.2 Å². The summed E-state index contributed by atoms with van der Waals surface area (Å²) < 4.78 is 2.30. The summed E-state index contributed by atoms with van der Waals surface area (Å²) >= 11 is 1.55. The zero-order valence-corrected chi connectivity index (χ0v) is 25.0. The van der Waals surface area contributed by atoms with Crippen molar-refractivity contribution in [3.63, 3.8) is 0 Å². The van der Waals surface area contributed by atoms with E-state index in [0.29, 0.717) is 5.41 Å². The molecule has 0 atom stereocenters. The molecule has 2 fully saturated rings. The Balaban J connectivity index is 0.000000218. The van der Waals surface area contributed by atoms with E-state index >= 15 is 0 Å². The van der Waals surface area contributed by atoms with Crippen LogP contribution in [-0.4, -0.2) is 3.71 Å². The average molecular weight is 568 g/mol. The van der Waals surface area contributed by atoms with Crippen LogP contribution in [0.25, 0.3) is 0 Å². The minimum absolute atomic E-state index is 0.446. The Bertz CT molecular complexity index is 789. The Kier molecular flexibility index (Phi) is 16.4. The fourth-order valence-electron chi connectivity index (χ4n) is 3.13. The Morgan fingerprint density at radius 1 is 0.500 bits per heavy atom. The van der Waals surface area contributed by atoms with E-state index in [1.807, 2.05) is 64.2 Å². The van der Waals surface area contributed by atoms with Crippen molar-refractivity contribution in [2.45, 2.75) is 27.2 Å². The second-order valence-electron chi connectivity index (χ2n) is 9.24. The Morgan fingerprint density at radius 3 is 0.917 bits per heavy atom. The van der Waals surface area contributed by atoms with E-state index in [-0.39, 0.29) is 0 Å². The van der Waals surface area contributed by atoms with Crippen LogP contribution < -0.4 is 15.9 Å². The Hall–Kier alpha value is -1.16. The molecule has 0 aliphatic heterocycles. The van der Waals surface area contributed by atoms with Crippen molar-refractivity contribution in [3.05, 3.63) is 155 Å². The molecule has 2 heteroatoms. The summed E-state index contributed by atoms with van der Waals surface area (Å²) in [6.45, 7) is 6.77. The molecular weight excluding hydrogens is 531 g/mol. The summed E-state index contributed by atoms with van der Waals surface area (Å²) in [7, 11) is -0.446. The predicted molar refractivity (Wildman–Crippen MR) is 158 cm³/mol. The van der Waals surface area contributed by atoms with E-state index in [1.54, 1.807) is 24.2 Å². The van der Waals surface area contributed by atoms with Gasteiger partial charge in [-0.25, -0.2) is 0 Å². The maximum atomic E-state index is 2.30. The molecular formula is C34H37PZr. The summed E-state index contributed by atoms with van der Waals surface area (Å²) in [6, 6.07) is 32.3. The molecule has 0 saturated heterocycles. The van der Waals surface area contributed by atoms with Gasteiger partial charge in [0.25, 0.3) is 0 Å². The molecule has 0 bridgehead atoms. The summed E-state index contributed by atoms with van der Waals surface area (Å²) in [5, 5.41) is 4.19. The van der Waals surface area contributed by atoms with E-state index in [4.69, 9.17) is 0 Å². The van der Waals surface area contributed by atoms with Crippen molar-refractivity contribution < 1.29 is 24.2 Å². The molecule has 0 nitrogen and oxygen atoms in total. The van der Waals surface area contributed by atoms with Gasteiger partial charge in [0.2, 0.25) is 0 Å². The van der Waals surface area contributed by atoms with Gasteiger partial charge < -0.3 is 0 Å². The Labute approximate surface area is 238 Å². The standard InChI is InChI=1S/C18H15P.C6H12.2C5H5.Zr/c1-4-10-16(11-5-1)19(17-12-6-2-7-13-17)18-14-8-3-9-15-18;1-5-6(2,3)4;2*1-2-4-5-3-1;/h1-15H;1H,5H2,2-4H3;2*1-5H;. The number of hydrogen-bond acceptors (Lipinski definition) is 0. The minimum atomic E-state index is -0.446. The Morgan fingerprint density at radius 2 is 0.750 bits per heavy atom. The van der Waals surface area contributed by atoms with Crippen LogP contribution in [0.4, 0.5) is 0 Å². The van der Waals surface area contributed by atoms with Gasteiger partial charge in [-0.15, -0.1) is 0 Å². The first-order valence-corrected chi connectivity index (χ1v) is 15.0. The van der Waals surface area contributed by atoms with Gasteiger partial charge in [0, 0.05) is 0 Å². The topological polar surface area (TPSA) is 0 Å². The molecule has 3 aromatic carbocycles. The van der Waals surface area contributed by atoms with Crippen molar-refractivity contribution in [2.24, 2.45) is 5.41 Å². The van der Waals surface area contributed by atoms with Crippen LogP contribution in [0.15, 0.2) is 91.0 Å². The first-order valence-electron chi connectivity index (χ1n) is 12.3. The van der Waals surface area contributed by atoms with Gasteiger partial charge in [0.05, 0.1) is 0 Å². The molecule has 0 heterocycles. The molecule has 0 N–H and O–H groups in total. The molecule has 2 saturated carbocycles.